The molecule has 2 heterocycles. The van der Waals surface area contributed by atoms with Crippen molar-refractivity contribution in [2.75, 3.05) is 28.8 Å². The van der Waals surface area contributed by atoms with E-state index in [4.69, 9.17) is 33.7 Å². The van der Waals surface area contributed by atoms with E-state index in [1.165, 1.54) is 0 Å². The second kappa shape index (κ2) is 13.4. The molecule has 0 radical (unpaired) electrons. The zero-order valence-corrected chi connectivity index (χ0v) is 25.8. The Morgan fingerprint density at radius 3 is 1.50 bits per heavy atom. The van der Waals surface area contributed by atoms with Gasteiger partial charge < -0.3 is 26.4 Å². The van der Waals surface area contributed by atoms with E-state index in [1.807, 2.05) is 78.9 Å². The summed E-state index contributed by atoms with van der Waals surface area (Å²) >= 11 is 12.1. The predicted molar refractivity (Wildman–Crippen MR) is 183 cm³/mol. The monoisotopic (exact) mass is 645 g/mol. The Labute approximate surface area is 274 Å². The van der Waals surface area contributed by atoms with Crippen LogP contribution < -0.4 is 26.4 Å². The Kier molecular flexibility index (Phi) is 8.78. The quantitative estimate of drug-likeness (QED) is 0.120. The van der Waals surface area contributed by atoms with Gasteiger partial charge in [-0.15, -0.1) is 0 Å². The van der Waals surface area contributed by atoms with Crippen LogP contribution in [0.5, 0.6) is 5.75 Å². The Morgan fingerprint density at radius 2 is 1.07 bits per heavy atom. The molecule has 5 N–H and O–H groups in total. The Bertz CT molecular complexity index is 1960. The maximum atomic E-state index is 9.79. The fourth-order valence-corrected chi connectivity index (χ4v) is 4.80. The fourth-order valence-electron chi connectivity index (χ4n) is 4.55. The number of ether oxygens (including phenoxy) is 1. The van der Waals surface area contributed by atoms with Crippen LogP contribution in [0, 0.1) is 11.3 Å². The third kappa shape index (κ3) is 7.08. The molecule has 6 rings (SSSR count). The number of nitrogens with zero attached hydrogens (tertiary/aromatic N) is 5. The largest absolute Gasteiger partial charge is 0.497 e. The number of nitrogens with one attached hydrogen (secondary N) is 3. The Hall–Kier alpha value is -5.89. The van der Waals surface area contributed by atoms with E-state index in [9.17, 15) is 5.26 Å². The lowest BCUT2D eigenvalue weighted by molar-refractivity contribution is 0.415. The first kappa shape index (κ1) is 30.1. The average molecular weight is 647 g/mol. The molecule has 0 spiro atoms. The molecule has 0 saturated carbocycles. The third-order valence-corrected chi connectivity index (χ3v) is 7.34. The van der Waals surface area contributed by atoms with Gasteiger partial charge >= 0.3 is 0 Å². The van der Waals surface area contributed by atoms with Gasteiger partial charge in [0.1, 0.15) is 23.2 Å². The van der Waals surface area contributed by atoms with E-state index < -0.39 is 0 Å². The first-order chi connectivity index (χ1) is 22.4. The van der Waals surface area contributed by atoms with Gasteiger partial charge in [0.05, 0.1) is 12.8 Å². The number of aromatic nitrogens is 4. The van der Waals surface area contributed by atoms with Crippen LogP contribution in [-0.4, -0.2) is 27.0 Å². The highest BCUT2D eigenvalue weighted by atomic mass is 35.5. The molecular weight excluding hydrogens is 621 g/mol. The molecule has 0 saturated heterocycles. The highest BCUT2D eigenvalue weighted by molar-refractivity contribution is 6.30. The van der Waals surface area contributed by atoms with Gasteiger partial charge in [-0.2, -0.15) is 20.2 Å². The zero-order valence-electron chi connectivity index (χ0n) is 24.3. The van der Waals surface area contributed by atoms with Crippen molar-refractivity contribution < 1.29 is 4.74 Å². The molecule has 2 aromatic heterocycles. The summed E-state index contributed by atoms with van der Waals surface area (Å²) in [5, 5.41) is 20.7. The number of benzene rings is 4. The van der Waals surface area contributed by atoms with Crippen molar-refractivity contribution in [2.45, 2.75) is 0 Å². The van der Waals surface area contributed by atoms with Crippen LogP contribution in [0.4, 0.5) is 40.7 Å². The number of nitriles is 1. The van der Waals surface area contributed by atoms with E-state index in [2.05, 4.69) is 42.0 Å². The van der Waals surface area contributed by atoms with Crippen LogP contribution in [-0.2, 0) is 0 Å². The lowest BCUT2D eigenvalue weighted by atomic mass is 9.98. The van der Waals surface area contributed by atoms with Crippen LogP contribution in [0.25, 0.3) is 22.4 Å². The summed E-state index contributed by atoms with van der Waals surface area (Å²) in [5.41, 5.74) is 11.7. The molecule has 0 atom stereocenters. The molecule has 46 heavy (non-hydrogen) atoms. The molecule has 0 aliphatic heterocycles. The molecule has 10 nitrogen and oxygen atoms in total. The summed E-state index contributed by atoms with van der Waals surface area (Å²) < 4.78 is 5.27. The number of halogens is 2. The maximum Gasteiger partial charge on any atom is 0.233 e. The van der Waals surface area contributed by atoms with E-state index >= 15 is 0 Å². The van der Waals surface area contributed by atoms with Gasteiger partial charge in [0, 0.05) is 38.2 Å². The number of hydrogen-bond donors (Lipinski definition) is 4. The minimum absolute atomic E-state index is 0.152. The van der Waals surface area contributed by atoms with Gasteiger partial charge in [0.25, 0.3) is 0 Å². The van der Waals surface area contributed by atoms with Gasteiger partial charge in [-0.05, 0) is 84.4 Å². The molecule has 12 heteroatoms. The molecule has 0 amide bonds. The van der Waals surface area contributed by atoms with Gasteiger partial charge in [0.15, 0.2) is 0 Å². The van der Waals surface area contributed by atoms with E-state index in [0.717, 1.165) is 28.2 Å². The number of nitrogen functional groups attached to an aromatic ring is 1. The minimum atomic E-state index is 0.152. The van der Waals surface area contributed by atoms with Crippen LogP contribution in [0.1, 0.15) is 5.56 Å². The molecule has 6 aromatic rings. The molecule has 0 fully saturated rings. The van der Waals surface area contributed by atoms with E-state index in [1.54, 1.807) is 31.4 Å². The number of methoxy groups -OCH3 is 1. The van der Waals surface area contributed by atoms with Crippen molar-refractivity contribution in [2.24, 2.45) is 0 Å². The molecular formula is C34H25Cl2N9O. The second-order valence-electron chi connectivity index (χ2n) is 9.93. The highest BCUT2D eigenvalue weighted by Gasteiger charge is 2.14. The third-order valence-electron chi connectivity index (χ3n) is 6.83. The molecule has 4 aromatic carbocycles. The van der Waals surface area contributed by atoms with Crippen LogP contribution >= 0.6 is 23.2 Å². The van der Waals surface area contributed by atoms with Crippen molar-refractivity contribution in [3.05, 3.63) is 119 Å². The van der Waals surface area contributed by atoms with Crippen molar-refractivity contribution in [3.8, 4) is 34.2 Å². The number of hydrogen-bond acceptors (Lipinski definition) is 10. The first-order valence-corrected chi connectivity index (χ1v) is 14.7. The van der Waals surface area contributed by atoms with E-state index in [0.29, 0.717) is 50.5 Å². The summed E-state index contributed by atoms with van der Waals surface area (Å²) in [5.74, 6) is 1.80. The van der Waals surface area contributed by atoms with E-state index in [-0.39, 0.29) is 5.82 Å². The molecule has 0 bridgehead atoms. The SMILES string of the molecule is COc1ccc(-c2cc(-c3ccc(Nc4nc(Nc5ccc(Cl)cc5)nc(Nc5ccc(Cl)cc5)n4)cc3)nc(N)c2C#N)cc1. The minimum Gasteiger partial charge on any atom is -0.497 e. The Morgan fingerprint density at radius 1 is 0.630 bits per heavy atom. The predicted octanol–water partition coefficient (Wildman–Crippen LogP) is 8.60. The lowest BCUT2D eigenvalue weighted by Crippen LogP contribution is -2.07. The zero-order chi connectivity index (χ0) is 32.0. The van der Waals surface area contributed by atoms with Crippen LogP contribution in [0.2, 0.25) is 10.0 Å². The van der Waals surface area contributed by atoms with Crippen LogP contribution in [0.3, 0.4) is 0 Å². The van der Waals surface area contributed by atoms with Crippen molar-refractivity contribution >= 4 is 63.9 Å². The second-order valence-corrected chi connectivity index (χ2v) is 10.8. The molecule has 0 unspecified atom stereocenters. The molecule has 0 aliphatic rings. The highest BCUT2D eigenvalue weighted by Crippen LogP contribution is 2.33. The summed E-state index contributed by atoms with van der Waals surface area (Å²) in [6.45, 7) is 0. The fraction of sp³-hybridized carbons (Fsp3) is 0.0294. The van der Waals surface area contributed by atoms with Gasteiger partial charge in [-0.3, -0.25) is 0 Å². The summed E-state index contributed by atoms with van der Waals surface area (Å²) in [4.78, 5) is 18.2. The lowest BCUT2D eigenvalue weighted by Gasteiger charge is -2.13. The number of rotatable bonds is 9. The van der Waals surface area contributed by atoms with Crippen molar-refractivity contribution in [1.29, 1.82) is 5.26 Å². The van der Waals surface area contributed by atoms with Gasteiger partial charge in [-0.1, -0.05) is 47.5 Å². The summed E-state index contributed by atoms with van der Waals surface area (Å²) in [7, 11) is 1.60. The van der Waals surface area contributed by atoms with Crippen molar-refractivity contribution in [1.82, 2.24) is 19.9 Å². The molecule has 226 valence electrons. The topological polar surface area (TPSA) is 147 Å². The smallest absolute Gasteiger partial charge is 0.233 e. The molecule has 0 aliphatic carbocycles. The number of nitrogens with two attached hydrogens (primary N) is 1. The first-order valence-electron chi connectivity index (χ1n) is 13.9. The summed E-state index contributed by atoms with van der Waals surface area (Å²) in [6, 6.07) is 33.4. The normalized spacial score (nSPS) is 10.6. The average Bonchev–Trinajstić information content (AvgIpc) is 3.07. The standard InChI is InChI=1S/C34H25Cl2N9O/c1-46-27-16-4-20(5-17-27)28-18-30(42-31(38)29(28)19-37)21-2-10-24(11-3-21)39-32-43-33(40-25-12-6-22(35)7-13-25)45-34(44-32)41-26-14-8-23(36)9-15-26/h2-18H,1H3,(H2,38,42)(H3,39,40,41,43,44,45). The van der Waals surface area contributed by atoms with Gasteiger partial charge in [-0.25, -0.2) is 4.98 Å². The number of pyridine rings is 1. The Balaban J connectivity index is 1.28. The van der Waals surface area contributed by atoms with Crippen molar-refractivity contribution in [3.63, 3.8) is 0 Å². The number of anilines is 7. The summed E-state index contributed by atoms with van der Waals surface area (Å²) in [6.07, 6.45) is 0. The van der Waals surface area contributed by atoms with Crippen LogP contribution in [0.15, 0.2) is 103 Å². The maximum absolute atomic E-state index is 9.79. The van der Waals surface area contributed by atoms with Gasteiger partial charge in [0.2, 0.25) is 17.8 Å².